The lowest BCUT2D eigenvalue weighted by molar-refractivity contribution is 0.0744. The van der Waals surface area contributed by atoms with Crippen molar-refractivity contribution in [2.75, 3.05) is 25.5 Å². The van der Waals surface area contributed by atoms with Crippen LogP contribution in [0.5, 0.6) is 0 Å². The number of anilines is 1. The van der Waals surface area contributed by atoms with E-state index in [-0.39, 0.29) is 5.91 Å². The first-order valence-corrected chi connectivity index (χ1v) is 7.03. The lowest BCUT2D eigenvalue weighted by atomic mass is 10.2. The Morgan fingerprint density at radius 3 is 2.21 bits per heavy atom. The van der Waals surface area contributed by atoms with Gasteiger partial charge in [0.25, 0.3) is 5.91 Å². The molecule has 0 aliphatic carbocycles. The number of nitrogens with zero attached hydrogens (tertiary/aromatic N) is 3. The van der Waals surface area contributed by atoms with Crippen LogP contribution in [0.1, 0.15) is 50.0 Å². The summed E-state index contributed by atoms with van der Waals surface area (Å²) in [5, 5.41) is 10.8. The summed E-state index contributed by atoms with van der Waals surface area (Å²) in [6.45, 7) is 5.85. The van der Waals surface area contributed by atoms with Crippen LogP contribution in [-0.2, 0) is 0 Å². The average molecular weight is 264 g/mol. The summed E-state index contributed by atoms with van der Waals surface area (Å²) < 4.78 is 0. The van der Waals surface area contributed by atoms with E-state index in [1.54, 1.807) is 19.2 Å². The highest BCUT2D eigenvalue weighted by atomic mass is 16.2. The highest BCUT2D eigenvalue weighted by molar-refractivity contribution is 5.92. The molecule has 19 heavy (non-hydrogen) atoms. The van der Waals surface area contributed by atoms with Crippen molar-refractivity contribution >= 4 is 11.7 Å². The second-order valence-corrected chi connectivity index (χ2v) is 4.55. The zero-order chi connectivity index (χ0) is 14.1. The van der Waals surface area contributed by atoms with E-state index in [2.05, 4.69) is 29.4 Å². The Bertz CT molecular complexity index is 370. The minimum atomic E-state index is -0.0166. The third-order valence-corrected chi connectivity index (χ3v) is 2.99. The maximum atomic E-state index is 12.4. The first kappa shape index (κ1) is 15.4. The molecule has 5 heteroatoms. The molecule has 0 atom stereocenters. The first-order chi connectivity index (χ1) is 9.22. The summed E-state index contributed by atoms with van der Waals surface area (Å²) in [6.07, 6.45) is 4.22. The van der Waals surface area contributed by atoms with E-state index in [4.69, 9.17) is 0 Å². The smallest absolute Gasteiger partial charge is 0.274 e. The summed E-state index contributed by atoms with van der Waals surface area (Å²) in [6, 6.07) is 3.50. The number of aromatic nitrogens is 2. The predicted molar refractivity (Wildman–Crippen MR) is 77.3 cm³/mol. The van der Waals surface area contributed by atoms with Gasteiger partial charge in [0.2, 0.25) is 0 Å². The second kappa shape index (κ2) is 8.45. The molecule has 1 N–H and O–H groups in total. The van der Waals surface area contributed by atoms with Gasteiger partial charge >= 0.3 is 0 Å². The number of carbonyl (C=O) groups is 1. The lowest BCUT2D eigenvalue weighted by Crippen LogP contribution is -2.33. The van der Waals surface area contributed by atoms with Crippen molar-refractivity contribution in [2.24, 2.45) is 0 Å². The number of nitrogens with one attached hydrogen (secondary N) is 1. The molecule has 0 unspecified atom stereocenters. The molecule has 0 aliphatic heterocycles. The minimum Gasteiger partial charge on any atom is -0.372 e. The SMILES string of the molecule is CCCCN(CCCC)C(=O)c1ccc(NC)nn1. The average Bonchev–Trinajstić information content (AvgIpc) is 2.47. The molecule has 1 aromatic rings. The zero-order valence-corrected chi connectivity index (χ0v) is 12.1. The molecule has 0 aliphatic rings. The van der Waals surface area contributed by atoms with E-state index < -0.39 is 0 Å². The van der Waals surface area contributed by atoms with Crippen LogP contribution in [0.4, 0.5) is 5.82 Å². The molecule has 0 spiro atoms. The van der Waals surface area contributed by atoms with Gasteiger partial charge in [-0.15, -0.1) is 10.2 Å². The normalized spacial score (nSPS) is 10.3. The molecule has 1 rings (SSSR count). The first-order valence-electron chi connectivity index (χ1n) is 7.03. The van der Waals surface area contributed by atoms with Crippen molar-refractivity contribution in [3.8, 4) is 0 Å². The molecule has 0 saturated carbocycles. The number of unbranched alkanes of at least 4 members (excludes halogenated alkanes) is 2. The van der Waals surface area contributed by atoms with Crippen LogP contribution in [0.2, 0.25) is 0 Å². The highest BCUT2D eigenvalue weighted by Crippen LogP contribution is 2.07. The standard InChI is InChI=1S/C14H24N4O/c1-4-6-10-18(11-7-5-2)14(19)12-8-9-13(15-3)17-16-12/h8-9H,4-7,10-11H2,1-3H3,(H,15,17). The molecule has 1 heterocycles. The lowest BCUT2D eigenvalue weighted by Gasteiger charge is -2.21. The van der Waals surface area contributed by atoms with Gasteiger partial charge in [0.1, 0.15) is 5.82 Å². The second-order valence-electron chi connectivity index (χ2n) is 4.55. The van der Waals surface area contributed by atoms with E-state index >= 15 is 0 Å². The van der Waals surface area contributed by atoms with E-state index in [1.165, 1.54) is 0 Å². The molecular formula is C14H24N4O. The van der Waals surface area contributed by atoms with Gasteiger partial charge in [0.15, 0.2) is 5.69 Å². The van der Waals surface area contributed by atoms with Gasteiger partial charge in [-0.1, -0.05) is 26.7 Å². The third kappa shape index (κ3) is 4.85. The topological polar surface area (TPSA) is 58.1 Å². The maximum absolute atomic E-state index is 12.4. The molecule has 1 amide bonds. The molecular weight excluding hydrogens is 240 g/mol. The molecule has 0 fully saturated rings. The van der Waals surface area contributed by atoms with Crippen LogP contribution in [0.15, 0.2) is 12.1 Å². The number of hydrogen-bond donors (Lipinski definition) is 1. The van der Waals surface area contributed by atoms with Gasteiger partial charge in [-0.05, 0) is 25.0 Å². The maximum Gasteiger partial charge on any atom is 0.274 e. The van der Waals surface area contributed by atoms with Gasteiger partial charge in [0.05, 0.1) is 0 Å². The Morgan fingerprint density at radius 1 is 1.16 bits per heavy atom. The number of carbonyl (C=O) groups excluding carboxylic acids is 1. The quantitative estimate of drug-likeness (QED) is 0.784. The van der Waals surface area contributed by atoms with Crippen LogP contribution < -0.4 is 5.32 Å². The monoisotopic (exact) mass is 264 g/mol. The van der Waals surface area contributed by atoms with Gasteiger partial charge in [-0.3, -0.25) is 4.79 Å². The molecule has 0 aromatic carbocycles. The fourth-order valence-electron chi connectivity index (χ4n) is 1.75. The van der Waals surface area contributed by atoms with Crippen molar-refractivity contribution in [2.45, 2.75) is 39.5 Å². The van der Waals surface area contributed by atoms with Gasteiger partial charge in [0, 0.05) is 20.1 Å². The molecule has 1 aromatic heterocycles. The fourth-order valence-corrected chi connectivity index (χ4v) is 1.75. The Hall–Kier alpha value is -1.65. The van der Waals surface area contributed by atoms with E-state index in [9.17, 15) is 4.79 Å². The van der Waals surface area contributed by atoms with Crippen LogP contribution in [-0.4, -0.2) is 41.1 Å². The number of hydrogen-bond acceptors (Lipinski definition) is 4. The predicted octanol–water partition coefficient (Wildman–Crippen LogP) is 2.56. The summed E-state index contributed by atoms with van der Waals surface area (Å²) in [4.78, 5) is 14.2. The van der Waals surface area contributed by atoms with Gasteiger partial charge in [-0.25, -0.2) is 0 Å². The van der Waals surface area contributed by atoms with Crippen LogP contribution >= 0.6 is 0 Å². The minimum absolute atomic E-state index is 0.0166. The molecule has 5 nitrogen and oxygen atoms in total. The summed E-state index contributed by atoms with van der Waals surface area (Å²) >= 11 is 0. The van der Waals surface area contributed by atoms with Crippen LogP contribution in [0.3, 0.4) is 0 Å². The Kier molecular flexibility index (Phi) is 6.85. The van der Waals surface area contributed by atoms with Crippen molar-refractivity contribution in [1.82, 2.24) is 15.1 Å². The molecule has 0 saturated heterocycles. The number of amides is 1. The molecule has 106 valence electrons. The van der Waals surface area contributed by atoms with Crippen LogP contribution in [0.25, 0.3) is 0 Å². The molecule has 0 radical (unpaired) electrons. The van der Waals surface area contributed by atoms with Gasteiger partial charge in [-0.2, -0.15) is 0 Å². The van der Waals surface area contributed by atoms with E-state index in [1.807, 2.05) is 4.90 Å². The van der Waals surface area contributed by atoms with Gasteiger partial charge < -0.3 is 10.2 Å². The van der Waals surface area contributed by atoms with Crippen molar-refractivity contribution in [3.63, 3.8) is 0 Å². The largest absolute Gasteiger partial charge is 0.372 e. The third-order valence-electron chi connectivity index (χ3n) is 2.99. The number of rotatable bonds is 8. The van der Waals surface area contributed by atoms with Crippen molar-refractivity contribution < 1.29 is 4.79 Å². The molecule has 0 bridgehead atoms. The van der Waals surface area contributed by atoms with E-state index in [0.717, 1.165) is 38.8 Å². The fraction of sp³-hybridized carbons (Fsp3) is 0.643. The Labute approximate surface area is 115 Å². The Balaban J connectivity index is 2.72. The van der Waals surface area contributed by atoms with Crippen LogP contribution in [0, 0.1) is 0 Å². The Morgan fingerprint density at radius 2 is 1.79 bits per heavy atom. The highest BCUT2D eigenvalue weighted by Gasteiger charge is 2.16. The zero-order valence-electron chi connectivity index (χ0n) is 12.1. The summed E-state index contributed by atoms with van der Waals surface area (Å²) in [5.74, 6) is 0.655. The van der Waals surface area contributed by atoms with E-state index in [0.29, 0.717) is 11.5 Å². The van der Waals surface area contributed by atoms with Crippen molar-refractivity contribution in [1.29, 1.82) is 0 Å². The summed E-state index contributed by atoms with van der Waals surface area (Å²) in [7, 11) is 1.78. The summed E-state index contributed by atoms with van der Waals surface area (Å²) in [5.41, 5.74) is 0.422. The van der Waals surface area contributed by atoms with Crippen molar-refractivity contribution in [3.05, 3.63) is 17.8 Å².